The number of aromatic nitrogens is 2. The van der Waals surface area contributed by atoms with Gasteiger partial charge in [0, 0.05) is 0 Å². The van der Waals surface area contributed by atoms with E-state index in [0.717, 1.165) is 17.1 Å². The molecule has 3 rings (SSSR count). The molecule has 1 aromatic heterocycles. The van der Waals surface area contributed by atoms with Crippen LogP contribution in [0, 0.1) is 20.8 Å². The van der Waals surface area contributed by atoms with Crippen molar-refractivity contribution >= 4 is 11.6 Å². The van der Waals surface area contributed by atoms with Gasteiger partial charge in [-0.25, -0.2) is 0 Å². The molecule has 0 aliphatic heterocycles. The number of rotatable bonds is 6. The van der Waals surface area contributed by atoms with Crippen molar-refractivity contribution in [1.82, 2.24) is 9.78 Å². The smallest absolute Gasteiger partial charge is 0.259 e. The fraction of sp³-hybridized carbons (Fsp3) is 0.273. The first-order valence-corrected chi connectivity index (χ1v) is 9.12. The Morgan fingerprint density at radius 3 is 2.48 bits per heavy atom. The minimum absolute atomic E-state index is 0.194. The Morgan fingerprint density at radius 1 is 1.07 bits per heavy atom. The molecule has 5 heteroatoms. The number of amides is 1. The summed E-state index contributed by atoms with van der Waals surface area (Å²) in [5, 5.41) is 7.61. The number of nitrogens with zero attached hydrogens (tertiary/aromatic N) is 2. The number of carbonyl (C=O) groups excluding carboxylic acids is 1. The molecule has 1 heterocycles. The Balaban J connectivity index is 1.82. The fourth-order valence-electron chi connectivity index (χ4n) is 3.01. The number of benzene rings is 2. The third-order valence-corrected chi connectivity index (χ3v) is 4.50. The predicted octanol–water partition coefficient (Wildman–Crippen LogP) is 4.51. The SMILES string of the molecule is CCOc1ccccc1C(=O)Nc1c(C)nn(Cc2ccc(C)cc2)c1C. The summed E-state index contributed by atoms with van der Waals surface area (Å²) < 4.78 is 7.49. The maximum absolute atomic E-state index is 12.8. The second kappa shape index (κ2) is 8.08. The van der Waals surface area contributed by atoms with Gasteiger partial charge in [-0.05, 0) is 45.4 Å². The van der Waals surface area contributed by atoms with Crippen molar-refractivity contribution in [2.75, 3.05) is 11.9 Å². The first kappa shape index (κ1) is 18.7. The van der Waals surface area contributed by atoms with Gasteiger partial charge in [0.1, 0.15) is 5.75 Å². The average Bonchev–Trinajstić information content (AvgIpc) is 2.91. The van der Waals surface area contributed by atoms with Gasteiger partial charge in [-0.1, -0.05) is 42.0 Å². The van der Waals surface area contributed by atoms with E-state index in [-0.39, 0.29) is 5.91 Å². The topological polar surface area (TPSA) is 56.1 Å². The number of hydrogen-bond acceptors (Lipinski definition) is 3. The molecule has 0 fully saturated rings. The van der Waals surface area contributed by atoms with Gasteiger partial charge in [0.25, 0.3) is 5.91 Å². The Morgan fingerprint density at radius 2 is 1.78 bits per heavy atom. The number of hydrogen-bond donors (Lipinski definition) is 1. The standard InChI is InChI=1S/C22H25N3O2/c1-5-27-20-9-7-6-8-19(20)22(26)23-21-16(3)24-25(17(21)4)14-18-12-10-15(2)11-13-18/h6-13H,5,14H2,1-4H3,(H,23,26). The summed E-state index contributed by atoms with van der Waals surface area (Å²) in [5.74, 6) is 0.389. The monoisotopic (exact) mass is 363 g/mol. The number of nitrogens with one attached hydrogen (secondary N) is 1. The zero-order chi connectivity index (χ0) is 19.4. The normalized spacial score (nSPS) is 10.7. The number of anilines is 1. The van der Waals surface area contributed by atoms with Crippen LogP contribution in [0.1, 0.15) is 39.8 Å². The highest BCUT2D eigenvalue weighted by molar-refractivity contribution is 6.06. The van der Waals surface area contributed by atoms with E-state index in [9.17, 15) is 4.79 Å². The number of ether oxygens (including phenoxy) is 1. The van der Waals surface area contributed by atoms with E-state index in [2.05, 4.69) is 41.6 Å². The van der Waals surface area contributed by atoms with Crippen LogP contribution in [0.15, 0.2) is 48.5 Å². The van der Waals surface area contributed by atoms with Crippen LogP contribution in [0.4, 0.5) is 5.69 Å². The fourth-order valence-corrected chi connectivity index (χ4v) is 3.01. The largest absolute Gasteiger partial charge is 0.493 e. The zero-order valence-electron chi connectivity index (χ0n) is 16.2. The molecule has 27 heavy (non-hydrogen) atoms. The highest BCUT2D eigenvalue weighted by atomic mass is 16.5. The van der Waals surface area contributed by atoms with Gasteiger partial charge in [-0.2, -0.15) is 5.10 Å². The van der Waals surface area contributed by atoms with Gasteiger partial charge < -0.3 is 10.1 Å². The van der Waals surface area contributed by atoms with Crippen molar-refractivity contribution < 1.29 is 9.53 Å². The second-order valence-corrected chi connectivity index (χ2v) is 6.57. The highest BCUT2D eigenvalue weighted by Gasteiger charge is 2.18. The lowest BCUT2D eigenvalue weighted by atomic mass is 10.1. The van der Waals surface area contributed by atoms with E-state index in [0.29, 0.717) is 24.5 Å². The van der Waals surface area contributed by atoms with E-state index in [1.54, 1.807) is 12.1 Å². The summed E-state index contributed by atoms with van der Waals surface area (Å²) in [7, 11) is 0. The third-order valence-electron chi connectivity index (χ3n) is 4.50. The maximum Gasteiger partial charge on any atom is 0.259 e. The average molecular weight is 363 g/mol. The van der Waals surface area contributed by atoms with Crippen LogP contribution in [0.2, 0.25) is 0 Å². The molecule has 0 saturated carbocycles. The minimum atomic E-state index is -0.194. The molecule has 0 aliphatic carbocycles. The molecule has 0 aliphatic rings. The van der Waals surface area contributed by atoms with E-state index >= 15 is 0 Å². The molecule has 1 amide bonds. The van der Waals surface area contributed by atoms with Crippen LogP contribution in [-0.2, 0) is 6.54 Å². The highest BCUT2D eigenvalue weighted by Crippen LogP contribution is 2.24. The number of aryl methyl sites for hydroxylation is 2. The maximum atomic E-state index is 12.8. The molecule has 1 N–H and O–H groups in total. The Hall–Kier alpha value is -3.08. The van der Waals surface area contributed by atoms with Gasteiger partial charge in [0.2, 0.25) is 0 Å². The van der Waals surface area contributed by atoms with Crippen LogP contribution in [0.25, 0.3) is 0 Å². The summed E-state index contributed by atoms with van der Waals surface area (Å²) in [6.45, 7) is 9.02. The van der Waals surface area contributed by atoms with Gasteiger partial charge in [-0.15, -0.1) is 0 Å². The van der Waals surface area contributed by atoms with Gasteiger partial charge in [0.05, 0.1) is 35.8 Å². The molecule has 5 nitrogen and oxygen atoms in total. The molecule has 0 radical (unpaired) electrons. The van der Waals surface area contributed by atoms with E-state index in [1.807, 2.05) is 37.6 Å². The molecular formula is C22H25N3O2. The predicted molar refractivity (Wildman–Crippen MR) is 108 cm³/mol. The lowest BCUT2D eigenvalue weighted by Gasteiger charge is -2.11. The van der Waals surface area contributed by atoms with E-state index in [4.69, 9.17) is 4.74 Å². The van der Waals surface area contributed by atoms with Crippen molar-refractivity contribution in [3.63, 3.8) is 0 Å². The van der Waals surface area contributed by atoms with Crippen LogP contribution >= 0.6 is 0 Å². The third kappa shape index (κ3) is 4.19. The lowest BCUT2D eigenvalue weighted by molar-refractivity contribution is 0.102. The molecule has 0 saturated heterocycles. The number of carbonyl (C=O) groups is 1. The molecule has 140 valence electrons. The summed E-state index contributed by atoms with van der Waals surface area (Å²) in [6.07, 6.45) is 0. The molecule has 2 aromatic carbocycles. The van der Waals surface area contributed by atoms with Crippen LogP contribution in [0.3, 0.4) is 0 Å². The van der Waals surface area contributed by atoms with Gasteiger partial charge >= 0.3 is 0 Å². The molecule has 0 spiro atoms. The van der Waals surface area contributed by atoms with Gasteiger partial charge in [0.15, 0.2) is 0 Å². The van der Waals surface area contributed by atoms with Crippen molar-refractivity contribution in [2.24, 2.45) is 0 Å². The molecule has 0 atom stereocenters. The van der Waals surface area contributed by atoms with E-state index in [1.165, 1.54) is 11.1 Å². The van der Waals surface area contributed by atoms with Gasteiger partial charge in [-0.3, -0.25) is 9.48 Å². The Labute approximate surface area is 160 Å². The summed E-state index contributed by atoms with van der Waals surface area (Å²) >= 11 is 0. The van der Waals surface area contributed by atoms with Crippen molar-refractivity contribution in [1.29, 1.82) is 0 Å². The van der Waals surface area contributed by atoms with Crippen LogP contribution < -0.4 is 10.1 Å². The summed E-state index contributed by atoms with van der Waals surface area (Å²) in [4.78, 5) is 12.8. The van der Waals surface area contributed by atoms with Crippen LogP contribution in [-0.4, -0.2) is 22.3 Å². The first-order chi connectivity index (χ1) is 13.0. The minimum Gasteiger partial charge on any atom is -0.493 e. The molecule has 0 bridgehead atoms. The quantitative estimate of drug-likeness (QED) is 0.701. The Bertz CT molecular complexity index is 943. The first-order valence-electron chi connectivity index (χ1n) is 9.12. The number of para-hydroxylation sites is 1. The molecule has 0 unspecified atom stereocenters. The lowest BCUT2D eigenvalue weighted by Crippen LogP contribution is -2.15. The van der Waals surface area contributed by atoms with Crippen molar-refractivity contribution in [3.8, 4) is 5.75 Å². The van der Waals surface area contributed by atoms with Crippen molar-refractivity contribution in [3.05, 3.63) is 76.6 Å². The van der Waals surface area contributed by atoms with Crippen LogP contribution in [0.5, 0.6) is 5.75 Å². The molecule has 3 aromatic rings. The molecular weight excluding hydrogens is 338 g/mol. The summed E-state index contributed by atoms with van der Waals surface area (Å²) in [6, 6.07) is 15.6. The second-order valence-electron chi connectivity index (χ2n) is 6.57. The van der Waals surface area contributed by atoms with E-state index < -0.39 is 0 Å². The van der Waals surface area contributed by atoms with Crippen molar-refractivity contribution in [2.45, 2.75) is 34.2 Å². The zero-order valence-corrected chi connectivity index (χ0v) is 16.2. The summed E-state index contributed by atoms with van der Waals surface area (Å²) in [5.41, 5.74) is 5.39. The Kier molecular flexibility index (Phi) is 5.60.